The van der Waals surface area contributed by atoms with Crippen LogP contribution in [0.4, 0.5) is 10.3 Å². The number of carbonyl (C=O) groups excluding carboxylic acids is 1. The van der Waals surface area contributed by atoms with Crippen molar-refractivity contribution in [1.82, 2.24) is 14.9 Å². The monoisotopic (exact) mass is 348 g/mol. The van der Waals surface area contributed by atoms with Gasteiger partial charge in [0.2, 0.25) is 11.9 Å². The Morgan fingerprint density at radius 1 is 1.20 bits per heavy atom. The van der Waals surface area contributed by atoms with Crippen LogP contribution in [0.5, 0.6) is 0 Å². The van der Waals surface area contributed by atoms with Gasteiger partial charge in [0.05, 0.1) is 12.4 Å². The average Bonchev–Trinajstić information content (AvgIpc) is 3.38. The molecule has 1 aromatic heterocycles. The molecule has 1 saturated carbocycles. The molecule has 1 atom stereocenters. The summed E-state index contributed by atoms with van der Waals surface area (Å²) in [7, 11) is 0. The Labute approximate surface area is 144 Å². The van der Waals surface area contributed by atoms with Crippen LogP contribution in [-0.2, 0) is 9.59 Å². The van der Waals surface area contributed by atoms with Crippen molar-refractivity contribution in [2.24, 2.45) is 11.3 Å². The number of carboxylic acid groups (broad SMARTS) is 1. The minimum atomic E-state index is -0.907. The van der Waals surface area contributed by atoms with Crippen molar-refractivity contribution in [2.75, 3.05) is 24.5 Å². The molecule has 1 aliphatic carbocycles. The van der Waals surface area contributed by atoms with E-state index in [2.05, 4.69) is 9.97 Å². The Bertz CT molecular complexity index is 684. The second-order valence-corrected chi connectivity index (χ2v) is 7.49. The van der Waals surface area contributed by atoms with E-state index in [1.54, 1.807) is 4.90 Å². The number of hydrogen-bond donors (Lipinski definition) is 1. The summed E-state index contributed by atoms with van der Waals surface area (Å²) in [4.78, 5) is 35.7. The summed E-state index contributed by atoms with van der Waals surface area (Å²) >= 11 is 0. The highest BCUT2D eigenvalue weighted by molar-refractivity contribution is 5.87. The van der Waals surface area contributed by atoms with Gasteiger partial charge in [0.1, 0.15) is 6.04 Å². The number of aromatic nitrogens is 2. The first kappa shape index (κ1) is 16.2. The molecule has 0 unspecified atom stereocenters. The smallest absolute Gasteiger partial charge is 0.326 e. The maximum Gasteiger partial charge on any atom is 0.326 e. The van der Waals surface area contributed by atoms with Gasteiger partial charge in [-0.15, -0.1) is 0 Å². The minimum absolute atomic E-state index is 0.00794. The van der Waals surface area contributed by atoms with Crippen LogP contribution in [0.25, 0.3) is 0 Å². The minimum Gasteiger partial charge on any atom is -0.480 e. The van der Waals surface area contributed by atoms with E-state index in [0.717, 1.165) is 38.1 Å². The van der Waals surface area contributed by atoms with E-state index in [9.17, 15) is 19.1 Å². The molecule has 0 aromatic carbocycles. The Morgan fingerprint density at radius 3 is 2.40 bits per heavy atom. The number of aliphatic carboxylic acids is 1. The molecule has 3 aliphatic rings. The molecule has 134 valence electrons. The molecule has 1 N–H and O–H groups in total. The lowest BCUT2D eigenvalue weighted by Crippen LogP contribution is -2.43. The van der Waals surface area contributed by atoms with Crippen LogP contribution in [0.3, 0.4) is 0 Å². The highest BCUT2D eigenvalue weighted by Gasteiger charge is 2.51. The lowest BCUT2D eigenvalue weighted by molar-refractivity contribution is -0.148. The number of carboxylic acids is 1. The predicted octanol–water partition coefficient (Wildman–Crippen LogP) is 1.30. The lowest BCUT2D eigenvalue weighted by Gasteiger charge is -2.39. The van der Waals surface area contributed by atoms with Crippen LogP contribution in [0.1, 0.15) is 32.1 Å². The number of hydrogen-bond acceptors (Lipinski definition) is 5. The van der Waals surface area contributed by atoms with E-state index >= 15 is 0 Å². The Kier molecular flexibility index (Phi) is 3.85. The van der Waals surface area contributed by atoms with Crippen LogP contribution < -0.4 is 4.90 Å². The molecule has 25 heavy (non-hydrogen) atoms. The van der Waals surface area contributed by atoms with Gasteiger partial charge in [-0.1, -0.05) is 0 Å². The standard InChI is InChI=1S/C17H21FN4O3/c18-12-8-19-16(20-9-12)21-5-3-17(4-6-21)7-13(15(24)25)22(10-17)14(23)11-1-2-11/h8-9,11,13H,1-7,10H2,(H,24,25)/t13-/m0/s1. The third kappa shape index (κ3) is 3.05. The van der Waals surface area contributed by atoms with Gasteiger partial charge < -0.3 is 14.9 Å². The van der Waals surface area contributed by atoms with Gasteiger partial charge in [0, 0.05) is 25.6 Å². The lowest BCUT2D eigenvalue weighted by atomic mass is 9.76. The molecule has 1 aromatic rings. The molecule has 1 spiro atoms. The fourth-order valence-corrected chi connectivity index (χ4v) is 4.09. The third-order valence-electron chi connectivity index (χ3n) is 5.72. The van der Waals surface area contributed by atoms with Crippen LogP contribution in [0, 0.1) is 17.2 Å². The number of rotatable bonds is 3. The first-order chi connectivity index (χ1) is 12.0. The fourth-order valence-electron chi connectivity index (χ4n) is 4.09. The SMILES string of the molecule is O=C(O)[C@@H]1CC2(CCN(c3ncc(F)cn3)CC2)CN1C(=O)C1CC1. The quantitative estimate of drug-likeness (QED) is 0.886. The van der Waals surface area contributed by atoms with Crippen LogP contribution in [0.2, 0.25) is 0 Å². The van der Waals surface area contributed by atoms with E-state index in [4.69, 9.17) is 0 Å². The van der Waals surface area contributed by atoms with E-state index in [1.165, 1.54) is 0 Å². The molecule has 1 amide bonds. The number of carbonyl (C=O) groups is 2. The zero-order valence-corrected chi connectivity index (χ0v) is 13.9. The van der Waals surface area contributed by atoms with Crippen molar-refractivity contribution in [3.8, 4) is 0 Å². The average molecular weight is 348 g/mol. The summed E-state index contributed by atoms with van der Waals surface area (Å²) in [6.45, 7) is 1.89. The number of nitrogens with zero attached hydrogens (tertiary/aromatic N) is 4. The summed E-state index contributed by atoms with van der Waals surface area (Å²) in [5.41, 5.74) is -0.149. The van der Waals surface area contributed by atoms with Crippen molar-refractivity contribution in [2.45, 2.75) is 38.1 Å². The van der Waals surface area contributed by atoms with Crippen molar-refractivity contribution in [1.29, 1.82) is 0 Å². The Hall–Kier alpha value is -2.25. The second kappa shape index (κ2) is 5.93. The highest BCUT2D eigenvalue weighted by atomic mass is 19.1. The Balaban J connectivity index is 1.45. The summed E-state index contributed by atoms with van der Waals surface area (Å²) in [6, 6.07) is -0.707. The normalized spacial score (nSPS) is 25.4. The molecular formula is C17H21FN4O3. The van der Waals surface area contributed by atoms with Gasteiger partial charge in [0.25, 0.3) is 0 Å². The topological polar surface area (TPSA) is 86.6 Å². The number of amides is 1. The number of piperidine rings is 1. The van der Waals surface area contributed by atoms with Crippen LogP contribution in [0.15, 0.2) is 12.4 Å². The van der Waals surface area contributed by atoms with Crippen molar-refractivity contribution in [3.05, 3.63) is 18.2 Å². The molecule has 0 bridgehead atoms. The zero-order valence-electron chi connectivity index (χ0n) is 13.9. The van der Waals surface area contributed by atoms with E-state index < -0.39 is 17.8 Å². The summed E-state index contributed by atoms with van der Waals surface area (Å²) < 4.78 is 13.0. The first-order valence-electron chi connectivity index (χ1n) is 8.73. The van der Waals surface area contributed by atoms with Crippen molar-refractivity contribution < 1.29 is 19.1 Å². The zero-order chi connectivity index (χ0) is 17.6. The van der Waals surface area contributed by atoms with Crippen LogP contribution >= 0.6 is 0 Å². The predicted molar refractivity (Wildman–Crippen MR) is 86.3 cm³/mol. The van der Waals surface area contributed by atoms with Crippen LogP contribution in [-0.4, -0.2) is 57.5 Å². The van der Waals surface area contributed by atoms with E-state index in [1.807, 2.05) is 4.90 Å². The molecule has 3 heterocycles. The summed E-state index contributed by atoms with van der Waals surface area (Å²) in [5.74, 6) is -0.838. The Morgan fingerprint density at radius 2 is 1.84 bits per heavy atom. The molecular weight excluding hydrogens is 327 g/mol. The van der Waals surface area contributed by atoms with Gasteiger partial charge in [-0.3, -0.25) is 4.79 Å². The molecule has 2 saturated heterocycles. The molecule has 2 aliphatic heterocycles. The van der Waals surface area contributed by atoms with E-state index in [0.29, 0.717) is 32.0 Å². The second-order valence-electron chi connectivity index (χ2n) is 7.49. The fraction of sp³-hybridized carbons (Fsp3) is 0.647. The van der Waals surface area contributed by atoms with Gasteiger partial charge in [-0.2, -0.15) is 0 Å². The van der Waals surface area contributed by atoms with Gasteiger partial charge in [-0.25, -0.2) is 19.2 Å². The molecule has 3 fully saturated rings. The number of anilines is 1. The highest BCUT2D eigenvalue weighted by Crippen LogP contribution is 2.45. The number of halogens is 1. The van der Waals surface area contributed by atoms with Crippen molar-refractivity contribution in [3.63, 3.8) is 0 Å². The van der Waals surface area contributed by atoms with Gasteiger partial charge in [0.15, 0.2) is 5.82 Å². The molecule has 8 heteroatoms. The van der Waals surface area contributed by atoms with Crippen molar-refractivity contribution >= 4 is 17.8 Å². The maximum absolute atomic E-state index is 13.0. The third-order valence-corrected chi connectivity index (χ3v) is 5.72. The van der Waals surface area contributed by atoms with Gasteiger partial charge in [-0.05, 0) is 37.5 Å². The first-order valence-corrected chi connectivity index (χ1v) is 8.73. The molecule has 4 rings (SSSR count). The maximum atomic E-state index is 13.0. The van der Waals surface area contributed by atoms with E-state index in [-0.39, 0.29) is 17.2 Å². The number of likely N-dealkylation sites (tertiary alicyclic amines) is 1. The molecule has 7 nitrogen and oxygen atoms in total. The van der Waals surface area contributed by atoms with Gasteiger partial charge >= 0.3 is 5.97 Å². The molecule has 0 radical (unpaired) electrons. The largest absolute Gasteiger partial charge is 0.480 e. The summed E-state index contributed by atoms with van der Waals surface area (Å²) in [5, 5.41) is 9.54. The summed E-state index contributed by atoms with van der Waals surface area (Å²) in [6.07, 6.45) is 6.14.